The molecule has 0 aromatic carbocycles. The Morgan fingerprint density at radius 2 is 2.07 bits per heavy atom. The third-order valence-electron chi connectivity index (χ3n) is 3.48. The van der Waals surface area contributed by atoms with Gasteiger partial charge in [0.25, 0.3) is 0 Å². The molecule has 2 heterocycles. The molecule has 2 rings (SSSR count). The molecule has 0 aromatic rings. The van der Waals surface area contributed by atoms with Crippen LogP contribution in [0.2, 0.25) is 0 Å². The molecule has 80 valence electrons. The zero-order valence-corrected chi connectivity index (χ0v) is 8.45. The Labute approximate surface area is 83.6 Å². The van der Waals surface area contributed by atoms with Crippen LogP contribution in [0.5, 0.6) is 0 Å². The summed E-state index contributed by atoms with van der Waals surface area (Å²) in [5.74, 6) is -0.697. The lowest BCUT2D eigenvalue weighted by Gasteiger charge is -2.37. The van der Waals surface area contributed by atoms with Crippen molar-refractivity contribution in [3.05, 3.63) is 0 Å². The van der Waals surface area contributed by atoms with E-state index < -0.39 is 11.4 Å². The number of rotatable bonds is 3. The zero-order valence-electron chi connectivity index (χ0n) is 8.45. The third kappa shape index (κ3) is 1.53. The van der Waals surface area contributed by atoms with Crippen LogP contribution >= 0.6 is 0 Å². The van der Waals surface area contributed by atoms with E-state index in [4.69, 9.17) is 4.74 Å². The highest BCUT2D eigenvalue weighted by atomic mass is 16.5. The van der Waals surface area contributed by atoms with Crippen molar-refractivity contribution in [2.75, 3.05) is 13.7 Å². The zero-order chi connectivity index (χ0) is 10.2. The lowest BCUT2D eigenvalue weighted by Crippen LogP contribution is -2.50. The normalized spacial score (nSPS) is 41.2. The van der Waals surface area contributed by atoms with Crippen LogP contribution in [0.1, 0.15) is 25.7 Å². The summed E-state index contributed by atoms with van der Waals surface area (Å²) in [6, 6.07) is 0.778. The first kappa shape index (κ1) is 9.93. The summed E-state index contributed by atoms with van der Waals surface area (Å²) in [5.41, 5.74) is -0.633. The van der Waals surface area contributed by atoms with Gasteiger partial charge < -0.3 is 15.2 Å². The second kappa shape index (κ2) is 3.51. The molecule has 2 unspecified atom stereocenters. The Kier molecular flexibility index (Phi) is 2.49. The smallest absolute Gasteiger partial charge is 0.312 e. The van der Waals surface area contributed by atoms with Gasteiger partial charge in [-0.2, -0.15) is 0 Å². The van der Waals surface area contributed by atoms with Gasteiger partial charge in [-0.15, -0.1) is 0 Å². The van der Waals surface area contributed by atoms with Crippen LogP contribution < -0.4 is 5.32 Å². The van der Waals surface area contributed by atoms with Gasteiger partial charge in [0.05, 0.1) is 12.0 Å². The number of ether oxygens (including phenoxy) is 1. The number of hydrogen-bond acceptors (Lipinski definition) is 3. The highest BCUT2D eigenvalue weighted by Gasteiger charge is 2.48. The number of aliphatic carboxylic acids is 1. The minimum atomic E-state index is -0.697. The van der Waals surface area contributed by atoms with E-state index in [1.54, 1.807) is 7.11 Å². The molecule has 14 heavy (non-hydrogen) atoms. The summed E-state index contributed by atoms with van der Waals surface area (Å²) in [7, 11) is 1.58. The molecule has 0 saturated carbocycles. The summed E-state index contributed by atoms with van der Waals surface area (Å²) >= 11 is 0. The Morgan fingerprint density at radius 1 is 1.50 bits per heavy atom. The average molecular weight is 199 g/mol. The summed E-state index contributed by atoms with van der Waals surface area (Å²) in [4.78, 5) is 11.3. The molecule has 0 radical (unpaired) electrons. The van der Waals surface area contributed by atoms with Gasteiger partial charge in [0.15, 0.2) is 0 Å². The number of carbonyl (C=O) groups is 1. The topological polar surface area (TPSA) is 58.6 Å². The molecule has 2 aliphatic heterocycles. The first-order valence-corrected chi connectivity index (χ1v) is 5.15. The molecule has 0 aromatic heterocycles. The van der Waals surface area contributed by atoms with Crippen molar-refractivity contribution in [3.63, 3.8) is 0 Å². The predicted molar refractivity (Wildman–Crippen MR) is 51.1 cm³/mol. The molecule has 2 bridgehead atoms. The van der Waals surface area contributed by atoms with Gasteiger partial charge in [-0.3, -0.25) is 4.79 Å². The molecule has 0 amide bonds. The van der Waals surface area contributed by atoms with Crippen LogP contribution in [-0.4, -0.2) is 36.9 Å². The van der Waals surface area contributed by atoms with Crippen molar-refractivity contribution in [1.82, 2.24) is 5.32 Å². The monoisotopic (exact) mass is 199 g/mol. The summed E-state index contributed by atoms with van der Waals surface area (Å²) in [6.45, 7) is 0.344. The quantitative estimate of drug-likeness (QED) is 0.699. The summed E-state index contributed by atoms with van der Waals surface area (Å²) < 4.78 is 5.06. The molecular formula is C10H17NO3. The van der Waals surface area contributed by atoms with Crippen molar-refractivity contribution < 1.29 is 14.6 Å². The van der Waals surface area contributed by atoms with Crippen LogP contribution in [0.25, 0.3) is 0 Å². The van der Waals surface area contributed by atoms with Crippen LogP contribution in [-0.2, 0) is 9.53 Å². The molecule has 0 aliphatic carbocycles. The number of methoxy groups -OCH3 is 1. The van der Waals surface area contributed by atoms with Crippen LogP contribution in [0, 0.1) is 5.41 Å². The van der Waals surface area contributed by atoms with Crippen molar-refractivity contribution >= 4 is 5.97 Å². The lowest BCUT2D eigenvalue weighted by molar-refractivity contribution is -0.155. The van der Waals surface area contributed by atoms with Crippen molar-refractivity contribution in [3.8, 4) is 0 Å². The molecule has 2 atom stereocenters. The van der Waals surface area contributed by atoms with E-state index in [1.165, 1.54) is 0 Å². The fraction of sp³-hybridized carbons (Fsp3) is 0.900. The molecule has 4 heteroatoms. The SMILES string of the molecule is COCC1(C(=O)O)CC2CCC(C1)N2. The Morgan fingerprint density at radius 3 is 2.50 bits per heavy atom. The van der Waals surface area contributed by atoms with Gasteiger partial charge >= 0.3 is 5.97 Å². The van der Waals surface area contributed by atoms with E-state index in [9.17, 15) is 9.90 Å². The first-order chi connectivity index (χ1) is 6.66. The van der Waals surface area contributed by atoms with Crippen molar-refractivity contribution in [1.29, 1.82) is 0 Å². The highest BCUT2D eigenvalue weighted by Crippen LogP contribution is 2.40. The first-order valence-electron chi connectivity index (χ1n) is 5.15. The minimum Gasteiger partial charge on any atom is -0.481 e. The molecule has 2 saturated heterocycles. The Bertz CT molecular complexity index is 230. The number of piperidine rings is 1. The van der Waals surface area contributed by atoms with E-state index in [1.807, 2.05) is 0 Å². The minimum absolute atomic E-state index is 0.344. The summed E-state index contributed by atoms with van der Waals surface area (Å²) in [6.07, 6.45) is 3.66. The Hall–Kier alpha value is -0.610. The van der Waals surface area contributed by atoms with Gasteiger partial charge in [0.2, 0.25) is 0 Å². The second-order valence-corrected chi connectivity index (χ2v) is 4.56. The highest BCUT2D eigenvalue weighted by molar-refractivity contribution is 5.75. The number of nitrogens with one attached hydrogen (secondary N) is 1. The number of fused-ring (bicyclic) bond motifs is 2. The lowest BCUT2D eigenvalue weighted by atomic mass is 9.76. The van der Waals surface area contributed by atoms with Crippen LogP contribution in [0.3, 0.4) is 0 Å². The van der Waals surface area contributed by atoms with Gasteiger partial charge in [-0.1, -0.05) is 0 Å². The van der Waals surface area contributed by atoms with Crippen LogP contribution in [0.4, 0.5) is 0 Å². The van der Waals surface area contributed by atoms with E-state index in [0.29, 0.717) is 31.5 Å². The fourth-order valence-electron chi connectivity index (χ4n) is 2.88. The maximum atomic E-state index is 11.3. The van der Waals surface area contributed by atoms with Gasteiger partial charge in [0.1, 0.15) is 0 Å². The largest absolute Gasteiger partial charge is 0.481 e. The Balaban J connectivity index is 2.15. The third-order valence-corrected chi connectivity index (χ3v) is 3.48. The van der Waals surface area contributed by atoms with Crippen molar-refractivity contribution in [2.45, 2.75) is 37.8 Å². The van der Waals surface area contributed by atoms with E-state index >= 15 is 0 Å². The molecule has 0 spiro atoms. The maximum absolute atomic E-state index is 11.3. The molecule has 2 fully saturated rings. The molecule has 4 nitrogen and oxygen atoms in total. The second-order valence-electron chi connectivity index (χ2n) is 4.56. The van der Waals surface area contributed by atoms with E-state index in [2.05, 4.69) is 5.32 Å². The summed E-state index contributed by atoms with van der Waals surface area (Å²) in [5, 5.41) is 12.7. The van der Waals surface area contributed by atoms with E-state index in [-0.39, 0.29) is 0 Å². The van der Waals surface area contributed by atoms with Gasteiger partial charge in [-0.25, -0.2) is 0 Å². The number of carboxylic acid groups (broad SMARTS) is 1. The van der Waals surface area contributed by atoms with Crippen molar-refractivity contribution in [2.24, 2.45) is 5.41 Å². The average Bonchev–Trinajstić information content (AvgIpc) is 2.46. The number of carboxylic acids is 1. The fourth-order valence-corrected chi connectivity index (χ4v) is 2.88. The van der Waals surface area contributed by atoms with Crippen LogP contribution in [0.15, 0.2) is 0 Å². The van der Waals surface area contributed by atoms with Gasteiger partial charge in [0, 0.05) is 19.2 Å². The molecule has 2 N–H and O–H groups in total. The van der Waals surface area contributed by atoms with E-state index in [0.717, 1.165) is 12.8 Å². The predicted octanol–water partition coefficient (Wildman–Crippen LogP) is 0.618. The standard InChI is InChI=1S/C10H17NO3/c1-14-6-10(9(12)13)4-7-2-3-8(5-10)11-7/h7-8,11H,2-6H2,1H3,(H,12,13). The van der Waals surface area contributed by atoms with Gasteiger partial charge in [-0.05, 0) is 25.7 Å². The molecular weight excluding hydrogens is 182 g/mol. The number of hydrogen-bond donors (Lipinski definition) is 2. The molecule has 2 aliphatic rings. The maximum Gasteiger partial charge on any atom is 0.312 e.